The summed E-state index contributed by atoms with van der Waals surface area (Å²) in [7, 11) is 1.58. The van der Waals surface area contributed by atoms with E-state index >= 15 is 0 Å². The highest BCUT2D eigenvalue weighted by atomic mass is 16.5. The summed E-state index contributed by atoms with van der Waals surface area (Å²) in [6.45, 7) is 5.30. The van der Waals surface area contributed by atoms with Crippen molar-refractivity contribution >= 4 is 0 Å². The van der Waals surface area contributed by atoms with E-state index in [-0.39, 0.29) is 0 Å². The summed E-state index contributed by atoms with van der Waals surface area (Å²) < 4.78 is 10.0. The fourth-order valence-corrected chi connectivity index (χ4v) is 0.911. The average molecular weight is 191 g/mol. The fraction of sp³-hybridized carbons (Fsp3) is 1.00. The summed E-state index contributed by atoms with van der Waals surface area (Å²) in [6.07, 6.45) is 0.628. The summed E-state index contributed by atoms with van der Waals surface area (Å²) in [5.41, 5.74) is 0. The minimum Gasteiger partial charge on any atom is -0.389 e. The Kier molecular flexibility index (Phi) is 9.80. The third kappa shape index (κ3) is 9.76. The van der Waals surface area contributed by atoms with Gasteiger partial charge >= 0.3 is 0 Å². The van der Waals surface area contributed by atoms with Crippen molar-refractivity contribution in [2.75, 3.05) is 40.0 Å². The van der Waals surface area contributed by atoms with Gasteiger partial charge in [-0.3, -0.25) is 0 Å². The van der Waals surface area contributed by atoms with Crippen molar-refractivity contribution in [3.05, 3.63) is 0 Å². The molecule has 1 unspecified atom stereocenters. The molecule has 0 aliphatic heterocycles. The summed E-state index contributed by atoms with van der Waals surface area (Å²) in [5.74, 6) is 0. The van der Waals surface area contributed by atoms with Gasteiger partial charge in [-0.15, -0.1) is 0 Å². The monoisotopic (exact) mass is 191 g/mol. The zero-order valence-electron chi connectivity index (χ0n) is 8.58. The van der Waals surface area contributed by atoms with Crippen LogP contribution in [0.1, 0.15) is 13.3 Å². The van der Waals surface area contributed by atoms with Gasteiger partial charge in [0.1, 0.15) is 0 Å². The first kappa shape index (κ1) is 12.8. The maximum absolute atomic E-state index is 9.22. The molecule has 0 aliphatic carbocycles. The maximum atomic E-state index is 9.22. The number of hydrogen-bond donors (Lipinski definition) is 2. The van der Waals surface area contributed by atoms with Crippen LogP contribution >= 0.6 is 0 Å². The van der Waals surface area contributed by atoms with E-state index in [1.54, 1.807) is 7.11 Å². The predicted octanol–water partition coefficient (Wildman–Crippen LogP) is 0.00990. The van der Waals surface area contributed by atoms with E-state index in [0.29, 0.717) is 19.8 Å². The van der Waals surface area contributed by atoms with Crippen molar-refractivity contribution < 1.29 is 14.6 Å². The van der Waals surface area contributed by atoms with Crippen molar-refractivity contribution in [1.29, 1.82) is 0 Å². The first-order chi connectivity index (χ1) is 6.31. The van der Waals surface area contributed by atoms with Gasteiger partial charge in [-0.25, -0.2) is 0 Å². The second-order valence-corrected chi connectivity index (χ2v) is 2.93. The Morgan fingerprint density at radius 3 is 2.77 bits per heavy atom. The summed E-state index contributed by atoms with van der Waals surface area (Å²) >= 11 is 0. The predicted molar refractivity (Wildman–Crippen MR) is 51.9 cm³/mol. The molecule has 0 saturated carbocycles. The molecule has 1 atom stereocenters. The van der Waals surface area contributed by atoms with Gasteiger partial charge in [0.15, 0.2) is 0 Å². The van der Waals surface area contributed by atoms with Crippen molar-refractivity contribution in [3.8, 4) is 0 Å². The molecule has 0 heterocycles. The second kappa shape index (κ2) is 9.92. The van der Waals surface area contributed by atoms with E-state index in [1.165, 1.54) is 0 Å². The Labute approximate surface area is 80.2 Å². The van der Waals surface area contributed by atoms with Crippen LogP contribution in [-0.2, 0) is 9.47 Å². The summed E-state index contributed by atoms with van der Waals surface area (Å²) in [6, 6.07) is 0. The molecule has 4 heteroatoms. The van der Waals surface area contributed by atoms with Gasteiger partial charge in [-0.1, -0.05) is 6.92 Å². The molecule has 0 bridgehead atoms. The van der Waals surface area contributed by atoms with E-state index in [9.17, 15) is 5.11 Å². The Bertz CT molecular complexity index is 101. The molecule has 4 nitrogen and oxygen atoms in total. The molecule has 0 saturated heterocycles. The van der Waals surface area contributed by atoms with Crippen molar-refractivity contribution in [3.63, 3.8) is 0 Å². The zero-order valence-corrected chi connectivity index (χ0v) is 8.58. The van der Waals surface area contributed by atoms with Crippen LogP contribution in [0.25, 0.3) is 0 Å². The minimum absolute atomic E-state index is 0.378. The number of hydrogen-bond acceptors (Lipinski definition) is 4. The highest BCUT2D eigenvalue weighted by Gasteiger charge is 2.00. The molecule has 0 amide bonds. The summed E-state index contributed by atoms with van der Waals surface area (Å²) in [5, 5.41) is 12.3. The van der Waals surface area contributed by atoms with Crippen LogP contribution in [0.15, 0.2) is 0 Å². The van der Waals surface area contributed by atoms with Gasteiger partial charge in [-0.2, -0.15) is 0 Å². The number of aliphatic hydroxyl groups excluding tert-OH is 1. The normalized spacial score (nSPS) is 13.2. The lowest BCUT2D eigenvalue weighted by molar-refractivity contribution is 0.0621. The van der Waals surface area contributed by atoms with E-state index < -0.39 is 6.10 Å². The quantitative estimate of drug-likeness (QED) is 0.504. The van der Waals surface area contributed by atoms with Gasteiger partial charge < -0.3 is 19.9 Å². The Hall–Kier alpha value is -0.160. The Morgan fingerprint density at radius 1 is 1.38 bits per heavy atom. The highest BCUT2D eigenvalue weighted by Crippen LogP contribution is 1.81. The van der Waals surface area contributed by atoms with Crippen LogP contribution in [0.5, 0.6) is 0 Å². The lowest BCUT2D eigenvalue weighted by Gasteiger charge is -2.10. The Morgan fingerprint density at radius 2 is 2.15 bits per heavy atom. The molecule has 13 heavy (non-hydrogen) atoms. The number of methoxy groups -OCH3 is 1. The van der Waals surface area contributed by atoms with Crippen LogP contribution in [0, 0.1) is 0 Å². The third-order valence-electron chi connectivity index (χ3n) is 1.51. The topological polar surface area (TPSA) is 50.7 Å². The van der Waals surface area contributed by atoms with E-state index in [4.69, 9.17) is 9.47 Å². The van der Waals surface area contributed by atoms with Gasteiger partial charge in [0.05, 0.1) is 19.3 Å². The lowest BCUT2D eigenvalue weighted by Crippen LogP contribution is -2.32. The molecule has 0 aliphatic rings. The maximum Gasteiger partial charge on any atom is 0.0897 e. The first-order valence-electron chi connectivity index (χ1n) is 4.76. The van der Waals surface area contributed by atoms with E-state index in [1.807, 2.05) is 0 Å². The van der Waals surface area contributed by atoms with Crippen LogP contribution in [0.3, 0.4) is 0 Å². The molecule has 0 spiro atoms. The number of nitrogens with one attached hydrogen (secondary N) is 1. The molecule has 0 fully saturated rings. The van der Waals surface area contributed by atoms with E-state index in [0.717, 1.165) is 19.6 Å². The van der Waals surface area contributed by atoms with Gasteiger partial charge in [0, 0.05) is 26.8 Å². The zero-order chi connectivity index (χ0) is 9.94. The van der Waals surface area contributed by atoms with Gasteiger partial charge in [0.25, 0.3) is 0 Å². The van der Waals surface area contributed by atoms with Crippen LogP contribution < -0.4 is 5.32 Å². The average Bonchev–Trinajstić information content (AvgIpc) is 2.11. The van der Waals surface area contributed by atoms with Crippen molar-refractivity contribution in [2.24, 2.45) is 0 Å². The molecule has 2 N–H and O–H groups in total. The molecule has 0 aromatic rings. The van der Waals surface area contributed by atoms with Crippen LogP contribution in [-0.4, -0.2) is 51.2 Å². The standard InChI is InChI=1S/C9H21NO3/c1-3-5-13-6-4-10-7-9(11)8-12-2/h9-11H,3-8H2,1-2H3. The SMILES string of the molecule is CCCOCCNCC(O)COC. The molecule has 0 radical (unpaired) electrons. The van der Waals surface area contributed by atoms with Gasteiger partial charge in [-0.05, 0) is 6.42 Å². The van der Waals surface area contributed by atoms with Crippen LogP contribution in [0.2, 0.25) is 0 Å². The molecule has 80 valence electrons. The number of aliphatic hydroxyl groups is 1. The molecular weight excluding hydrogens is 170 g/mol. The molecular formula is C9H21NO3. The molecule has 0 aromatic carbocycles. The third-order valence-corrected chi connectivity index (χ3v) is 1.51. The smallest absolute Gasteiger partial charge is 0.0897 e. The lowest BCUT2D eigenvalue weighted by atomic mass is 10.4. The van der Waals surface area contributed by atoms with Crippen molar-refractivity contribution in [2.45, 2.75) is 19.4 Å². The Balaban J connectivity index is 2.97. The largest absolute Gasteiger partial charge is 0.389 e. The fourth-order valence-electron chi connectivity index (χ4n) is 0.911. The minimum atomic E-state index is -0.420. The first-order valence-corrected chi connectivity index (χ1v) is 4.76. The summed E-state index contributed by atoms with van der Waals surface area (Å²) in [4.78, 5) is 0. The second-order valence-electron chi connectivity index (χ2n) is 2.93. The highest BCUT2D eigenvalue weighted by molar-refractivity contribution is 4.57. The number of ether oxygens (including phenoxy) is 2. The molecule has 0 aromatic heterocycles. The van der Waals surface area contributed by atoms with Crippen molar-refractivity contribution in [1.82, 2.24) is 5.32 Å². The van der Waals surface area contributed by atoms with E-state index in [2.05, 4.69) is 12.2 Å². The molecule has 0 rings (SSSR count). The van der Waals surface area contributed by atoms with Crippen LogP contribution in [0.4, 0.5) is 0 Å². The van der Waals surface area contributed by atoms with Gasteiger partial charge in [0.2, 0.25) is 0 Å². The number of rotatable bonds is 9.